The van der Waals surface area contributed by atoms with Crippen molar-refractivity contribution in [1.82, 2.24) is 4.57 Å². The number of non-ortho nitro benzene ring substituents is 1. The van der Waals surface area contributed by atoms with Crippen molar-refractivity contribution >= 4 is 22.4 Å². The quantitative estimate of drug-likeness (QED) is 0.479. The lowest BCUT2D eigenvalue weighted by molar-refractivity contribution is -0.384. The zero-order valence-corrected chi connectivity index (χ0v) is 9.56. The first-order valence-electron chi connectivity index (χ1n) is 5.07. The number of alkyl halides is 3. The van der Waals surface area contributed by atoms with E-state index >= 15 is 0 Å². The lowest BCUT2D eigenvalue weighted by Gasteiger charge is -2.03. The van der Waals surface area contributed by atoms with Crippen LogP contribution in [0.15, 0.2) is 24.4 Å². The normalized spacial score (nSPS) is 11.8. The van der Waals surface area contributed by atoms with Gasteiger partial charge in [0.25, 0.3) is 11.5 Å². The van der Waals surface area contributed by atoms with Gasteiger partial charge in [-0.1, -0.05) is 0 Å². The Morgan fingerprint density at radius 1 is 1.37 bits per heavy atom. The van der Waals surface area contributed by atoms with Gasteiger partial charge < -0.3 is 4.57 Å². The Balaban J connectivity index is 2.71. The number of halogens is 3. The third-order valence-corrected chi connectivity index (χ3v) is 2.69. The Bertz CT molecular complexity index is 688. The van der Waals surface area contributed by atoms with Crippen LogP contribution in [0.5, 0.6) is 0 Å². The molecule has 0 saturated heterocycles. The number of nitrogens with zero attached hydrogens (tertiary/aromatic N) is 2. The summed E-state index contributed by atoms with van der Waals surface area (Å²) >= 11 is 0. The smallest absolute Gasteiger partial charge is 0.350 e. The molecule has 0 radical (unpaired) electrons. The molecule has 8 heteroatoms. The van der Waals surface area contributed by atoms with Crippen LogP contribution in [0, 0.1) is 10.1 Å². The summed E-state index contributed by atoms with van der Waals surface area (Å²) in [6.07, 6.45) is -4.00. The van der Waals surface area contributed by atoms with Crippen LogP contribution < -0.4 is 0 Å². The molecule has 0 N–H and O–H groups in total. The van der Waals surface area contributed by atoms with Gasteiger partial charge >= 0.3 is 6.18 Å². The molecule has 1 aromatic heterocycles. The van der Waals surface area contributed by atoms with E-state index < -0.39 is 22.4 Å². The van der Waals surface area contributed by atoms with E-state index in [-0.39, 0.29) is 11.1 Å². The van der Waals surface area contributed by atoms with Crippen LogP contribution in [-0.2, 0) is 7.05 Å². The highest BCUT2D eigenvalue weighted by Gasteiger charge is 2.40. The second-order valence-corrected chi connectivity index (χ2v) is 3.94. The summed E-state index contributed by atoms with van der Waals surface area (Å²) in [7, 11) is 1.46. The van der Waals surface area contributed by atoms with Gasteiger partial charge in [-0.25, -0.2) is 0 Å². The molecule has 1 aromatic carbocycles. The van der Waals surface area contributed by atoms with E-state index in [4.69, 9.17) is 0 Å². The number of carbonyl (C=O) groups excluding carboxylic acids is 1. The number of nitro groups is 1. The molecular weight excluding hydrogens is 265 g/mol. The standard InChI is InChI=1S/C11H7F3N2O3/c1-15-5-8(10(17)11(12,13)14)7-4-6(16(18)19)2-3-9(7)15/h2-5H,1H3. The molecule has 0 spiro atoms. The van der Waals surface area contributed by atoms with E-state index in [2.05, 4.69) is 0 Å². The first-order chi connectivity index (χ1) is 8.71. The van der Waals surface area contributed by atoms with Crippen LogP contribution >= 0.6 is 0 Å². The first-order valence-corrected chi connectivity index (χ1v) is 5.07. The maximum Gasteiger partial charge on any atom is 0.454 e. The van der Waals surface area contributed by atoms with Crippen molar-refractivity contribution in [2.45, 2.75) is 6.18 Å². The van der Waals surface area contributed by atoms with Crippen LogP contribution in [0.3, 0.4) is 0 Å². The Morgan fingerprint density at radius 2 is 2.00 bits per heavy atom. The van der Waals surface area contributed by atoms with Crippen molar-refractivity contribution in [1.29, 1.82) is 0 Å². The number of hydrogen-bond acceptors (Lipinski definition) is 3. The number of rotatable bonds is 2. The number of Topliss-reactive ketones (excluding diaryl/α,β-unsaturated/α-hetero) is 1. The summed E-state index contributed by atoms with van der Waals surface area (Å²) in [4.78, 5) is 21.2. The van der Waals surface area contributed by atoms with Gasteiger partial charge in [-0.15, -0.1) is 0 Å². The maximum absolute atomic E-state index is 12.4. The second-order valence-electron chi connectivity index (χ2n) is 3.94. The average Bonchev–Trinajstić information content (AvgIpc) is 2.64. The SMILES string of the molecule is Cn1cc(C(=O)C(F)(F)F)c2cc([N+](=O)[O-])ccc21. The molecule has 0 unspecified atom stereocenters. The minimum atomic E-state index is -5.01. The molecule has 0 atom stereocenters. The average molecular weight is 272 g/mol. The number of ketones is 1. The van der Waals surface area contributed by atoms with Gasteiger partial charge in [0, 0.05) is 36.3 Å². The molecular formula is C11H7F3N2O3. The third-order valence-electron chi connectivity index (χ3n) is 2.69. The molecule has 5 nitrogen and oxygen atoms in total. The molecule has 0 aliphatic carbocycles. The highest BCUT2D eigenvalue weighted by atomic mass is 19.4. The van der Waals surface area contributed by atoms with Crippen molar-refractivity contribution in [2.75, 3.05) is 0 Å². The van der Waals surface area contributed by atoms with E-state index in [1.54, 1.807) is 0 Å². The molecule has 100 valence electrons. The van der Waals surface area contributed by atoms with Crippen molar-refractivity contribution < 1.29 is 22.9 Å². The van der Waals surface area contributed by atoms with E-state index in [0.717, 1.165) is 12.3 Å². The number of carbonyl (C=O) groups is 1. The molecule has 2 aromatic rings. The fourth-order valence-corrected chi connectivity index (χ4v) is 1.83. The molecule has 0 saturated carbocycles. The van der Waals surface area contributed by atoms with Crippen molar-refractivity contribution in [3.8, 4) is 0 Å². The predicted molar refractivity (Wildman–Crippen MR) is 60.0 cm³/mol. The molecule has 2 rings (SSSR count). The Morgan fingerprint density at radius 3 is 2.53 bits per heavy atom. The van der Waals surface area contributed by atoms with Crippen LogP contribution in [0.2, 0.25) is 0 Å². The van der Waals surface area contributed by atoms with Crippen molar-refractivity contribution in [3.63, 3.8) is 0 Å². The van der Waals surface area contributed by atoms with Crippen LogP contribution in [-0.4, -0.2) is 21.4 Å². The van der Waals surface area contributed by atoms with Gasteiger partial charge in [-0.2, -0.15) is 13.2 Å². The molecule has 0 amide bonds. The summed E-state index contributed by atoms with van der Waals surface area (Å²) in [5.74, 6) is -2.02. The Hall–Kier alpha value is -2.38. The van der Waals surface area contributed by atoms with Gasteiger partial charge in [-0.3, -0.25) is 14.9 Å². The molecule has 19 heavy (non-hydrogen) atoms. The van der Waals surface area contributed by atoms with E-state index in [1.807, 2.05) is 0 Å². The monoisotopic (exact) mass is 272 g/mol. The zero-order chi connectivity index (χ0) is 14.4. The fraction of sp³-hybridized carbons (Fsp3) is 0.182. The number of fused-ring (bicyclic) bond motifs is 1. The van der Waals surface area contributed by atoms with Crippen LogP contribution in [0.1, 0.15) is 10.4 Å². The van der Waals surface area contributed by atoms with E-state index in [1.165, 1.54) is 23.7 Å². The fourth-order valence-electron chi connectivity index (χ4n) is 1.83. The van der Waals surface area contributed by atoms with E-state index in [9.17, 15) is 28.1 Å². The molecule has 0 fully saturated rings. The number of hydrogen-bond donors (Lipinski definition) is 0. The summed E-state index contributed by atoms with van der Waals surface area (Å²) in [5.41, 5.74) is -0.637. The highest BCUT2D eigenvalue weighted by Crippen LogP contribution is 2.30. The third kappa shape index (κ3) is 2.16. The molecule has 0 aliphatic rings. The van der Waals surface area contributed by atoms with Crippen molar-refractivity contribution in [3.05, 3.63) is 40.1 Å². The number of aryl methyl sites for hydroxylation is 1. The van der Waals surface area contributed by atoms with Crippen LogP contribution in [0.25, 0.3) is 10.9 Å². The van der Waals surface area contributed by atoms with Gasteiger partial charge in [0.05, 0.1) is 10.5 Å². The lowest BCUT2D eigenvalue weighted by atomic mass is 10.1. The van der Waals surface area contributed by atoms with Crippen LogP contribution in [0.4, 0.5) is 18.9 Å². The summed E-state index contributed by atoms with van der Waals surface area (Å²) in [6, 6.07) is 3.44. The topological polar surface area (TPSA) is 65.1 Å². The summed E-state index contributed by atoms with van der Waals surface area (Å²) in [5, 5.41) is 10.5. The second kappa shape index (κ2) is 4.08. The largest absolute Gasteiger partial charge is 0.454 e. The molecule has 1 heterocycles. The minimum Gasteiger partial charge on any atom is -0.350 e. The zero-order valence-electron chi connectivity index (χ0n) is 9.56. The predicted octanol–water partition coefficient (Wildman–Crippen LogP) is 2.83. The summed E-state index contributed by atoms with van der Waals surface area (Å²) in [6.45, 7) is 0. The number of aromatic nitrogens is 1. The minimum absolute atomic E-state index is 0.0842. The summed E-state index contributed by atoms with van der Waals surface area (Å²) < 4.78 is 38.6. The van der Waals surface area contributed by atoms with Crippen molar-refractivity contribution in [2.24, 2.45) is 7.05 Å². The lowest BCUT2D eigenvalue weighted by Crippen LogP contribution is -2.22. The van der Waals surface area contributed by atoms with Gasteiger partial charge in [-0.05, 0) is 6.07 Å². The van der Waals surface area contributed by atoms with E-state index in [0.29, 0.717) is 5.52 Å². The van der Waals surface area contributed by atoms with Gasteiger partial charge in [0.1, 0.15) is 0 Å². The molecule has 0 aliphatic heterocycles. The first kappa shape index (κ1) is 13.1. The number of benzene rings is 1. The van der Waals surface area contributed by atoms with Gasteiger partial charge in [0.15, 0.2) is 0 Å². The Kier molecular flexibility index (Phi) is 2.80. The number of nitro benzene ring substituents is 1. The maximum atomic E-state index is 12.4. The highest BCUT2D eigenvalue weighted by molar-refractivity contribution is 6.11. The molecule has 0 bridgehead atoms. The Labute approximate surface area is 104 Å². The van der Waals surface area contributed by atoms with Gasteiger partial charge in [0.2, 0.25) is 0 Å².